The number of hydrogen-bond acceptors (Lipinski definition) is 2. The number of carboxylic acids is 1. The first-order valence-electron chi connectivity index (χ1n) is 5.14. The summed E-state index contributed by atoms with van der Waals surface area (Å²) >= 11 is 0. The van der Waals surface area contributed by atoms with Gasteiger partial charge in [0, 0.05) is 6.04 Å². The predicted octanol–water partition coefficient (Wildman–Crippen LogP) is 1.63. The molecule has 1 aliphatic rings. The van der Waals surface area contributed by atoms with Crippen LogP contribution in [-0.4, -0.2) is 23.2 Å². The van der Waals surface area contributed by atoms with Crippen molar-refractivity contribution in [2.45, 2.75) is 51.6 Å². The highest BCUT2D eigenvalue weighted by molar-refractivity contribution is 5.73. The molecular weight excluding hydrogens is 166 g/mol. The maximum Gasteiger partial charge on any atom is 0.320 e. The molecule has 1 fully saturated rings. The highest BCUT2D eigenvalue weighted by Crippen LogP contribution is 2.32. The van der Waals surface area contributed by atoms with E-state index in [9.17, 15) is 4.79 Å². The minimum absolute atomic E-state index is 0.347. The molecule has 1 aliphatic carbocycles. The van der Waals surface area contributed by atoms with E-state index in [1.54, 1.807) is 0 Å². The van der Waals surface area contributed by atoms with E-state index < -0.39 is 5.97 Å². The molecule has 0 aromatic heterocycles. The summed E-state index contributed by atoms with van der Waals surface area (Å²) < 4.78 is 0. The first kappa shape index (κ1) is 10.5. The highest BCUT2D eigenvalue weighted by atomic mass is 16.4. The largest absolute Gasteiger partial charge is 0.480 e. The molecular formula is C10H19NO2. The summed E-state index contributed by atoms with van der Waals surface area (Å²) in [5.74, 6) is 0.00746. The molecule has 1 saturated carbocycles. The van der Waals surface area contributed by atoms with Crippen molar-refractivity contribution in [1.29, 1.82) is 0 Å². The van der Waals surface area contributed by atoms with Gasteiger partial charge in [-0.25, -0.2) is 0 Å². The molecule has 0 aromatic carbocycles. The van der Waals surface area contributed by atoms with Crippen molar-refractivity contribution in [3.8, 4) is 0 Å². The third kappa shape index (κ3) is 3.35. The van der Waals surface area contributed by atoms with Crippen molar-refractivity contribution in [1.82, 2.24) is 5.32 Å². The molecule has 0 saturated heterocycles. The van der Waals surface area contributed by atoms with Gasteiger partial charge in [-0.15, -0.1) is 0 Å². The lowest BCUT2D eigenvalue weighted by Gasteiger charge is -2.19. The molecule has 0 bridgehead atoms. The molecule has 13 heavy (non-hydrogen) atoms. The quantitative estimate of drug-likeness (QED) is 0.661. The van der Waals surface area contributed by atoms with Crippen LogP contribution >= 0.6 is 0 Å². The van der Waals surface area contributed by atoms with Crippen molar-refractivity contribution >= 4 is 5.97 Å². The summed E-state index contributed by atoms with van der Waals surface area (Å²) in [4.78, 5) is 10.8. The molecule has 0 amide bonds. The third-order valence-electron chi connectivity index (χ3n) is 2.67. The maximum atomic E-state index is 10.8. The van der Waals surface area contributed by atoms with Crippen molar-refractivity contribution in [3.63, 3.8) is 0 Å². The van der Waals surface area contributed by atoms with E-state index in [0.717, 1.165) is 18.8 Å². The van der Waals surface area contributed by atoms with Crippen molar-refractivity contribution in [2.24, 2.45) is 5.92 Å². The Kier molecular flexibility index (Phi) is 3.72. The molecule has 0 aliphatic heterocycles. The van der Waals surface area contributed by atoms with Gasteiger partial charge >= 0.3 is 5.97 Å². The molecule has 1 rings (SSSR count). The maximum absolute atomic E-state index is 10.8. The van der Waals surface area contributed by atoms with E-state index >= 15 is 0 Å². The zero-order valence-electron chi connectivity index (χ0n) is 8.42. The zero-order valence-corrected chi connectivity index (χ0v) is 8.42. The number of carboxylic acid groups (broad SMARTS) is 1. The highest BCUT2D eigenvalue weighted by Gasteiger charge is 2.30. The number of carbonyl (C=O) groups is 1. The summed E-state index contributed by atoms with van der Waals surface area (Å²) in [6.45, 7) is 4.10. The molecule has 76 valence electrons. The molecule has 2 atom stereocenters. The Balaban J connectivity index is 2.31. The Bertz CT molecular complexity index is 178. The van der Waals surface area contributed by atoms with E-state index in [1.807, 2.05) is 6.92 Å². The Morgan fingerprint density at radius 1 is 1.62 bits per heavy atom. The Hall–Kier alpha value is -0.570. The Labute approximate surface area is 79.5 Å². The van der Waals surface area contributed by atoms with Crippen LogP contribution in [0.1, 0.15) is 39.5 Å². The van der Waals surface area contributed by atoms with E-state index in [0.29, 0.717) is 6.04 Å². The van der Waals surface area contributed by atoms with Gasteiger partial charge in [0.05, 0.1) is 0 Å². The molecule has 0 heterocycles. The first-order valence-corrected chi connectivity index (χ1v) is 5.14. The van der Waals surface area contributed by atoms with Crippen LogP contribution in [-0.2, 0) is 4.79 Å². The topological polar surface area (TPSA) is 49.3 Å². The van der Waals surface area contributed by atoms with Crippen LogP contribution in [0.2, 0.25) is 0 Å². The van der Waals surface area contributed by atoms with Crippen LogP contribution in [0, 0.1) is 5.92 Å². The van der Waals surface area contributed by atoms with Gasteiger partial charge in [-0.2, -0.15) is 0 Å². The third-order valence-corrected chi connectivity index (χ3v) is 2.67. The van der Waals surface area contributed by atoms with Gasteiger partial charge in [0.1, 0.15) is 6.04 Å². The average Bonchev–Trinajstić information content (AvgIpc) is 2.85. The lowest BCUT2D eigenvalue weighted by atomic mass is 10.1. The smallest absolute Gasteiger partial charge is 0.320 e. The molecule has 3 nitrogen and oxygen atoms in total. The van der Waals surface area contributed by atoms with E-state index in [2.05, 4.69) is 12.2 Å². The van der Waals surface area contributed by atoms with Crippen LogP contribution in [0.25, 0.3) is 0 Å². The fourth-order valence-electron chi connectivity index (χ4n) is 1.62. The van der Waals surface area contributed by atoms with Crippen molar-refractivity contribution in [2.75, 3.05) is 0 Å². The van der Waals surface area contributed by atoms with Crippen molar-refractivity contribution in [3.05, 3.63) is 0 Å². The molecule has 1 unspecified atom stereocenters. The van der Waals surface area contributed by atoms with Crippen LogP contribution in [0.4, 0.5) is 0 Å². The molecule has 0 radical (unpaired) electrons. The van der Waals surface area contributed by atoms with Crippen LogP contribution in [0.15, 0.2) is 0 Å². The van der Waals surface area contributed by atoms with Gasteiger partial charge in [0.2, 0.25) is 0 Å². The molecule has 0 aromatic rings. The summed E-state index contributed by atoms with van der Waals surface area (Å²) in [5, 5.41) is 12.1. The van der Waals surface area contributed by atoms with Gasteiger partial charge in [-0.1, -0.05) is 13.3 Å². The first-order chi connectivity index (χ1) is 6.15. The van der Waals surface area contributed by atoms with E-state index in [1.165, 1.54) is 12.8 Å². The lowest BCUT2D eigenvalue weighted by Crippen LogP contribution is -2.42. The average molecular weight is 185 g/mol. The van der Waals surface area contributed by atoms with Gasteiger partial charge in [0.15, 0.2) is 0 Å². The Morgan fingerprint density at radius 3 is 2.62 bits per heavy atom. The fraction of sp³-hybridized carbons (Fsp3) is 0.900. The molecule has 3 heteroatoms. The number of aliphatic carboxylic acids is 1. The number of rotatable bonds is 6. The molecule has 0 spiro atoms. The standard InChI is InChI=1S/C10H19NO2/c1-3-4-9(10(12)13)11-7(2)8-5-6-8/h7-9,11H,3-6H2,1-2H3,(H,12,13)/t7-,9?/m0/s1. The monoisotopic (exact) mass is 185 g/mol. The van der Waals surface area contributed by atoms with Crippen LogP contribution in [0.5, 0.6) is 0 Å². The Morgan fingerprint density at radius 2 is 2.23 bits per heavy atom. The summed E-state index contributed by atoms with van der Waals surface area (Å²) in [6, 6.07) is 0.0215. The molecule has 2 N–H and O–H groups in total. The van der Waals surface area contributed by atoms with Gasteiger partial charge in [-0.3, -0.25) is 4.79 Å². The fourth-order valence-corrected chi connectivity index (χ4v) is 1.62. The summed E-state index contributed by atoms with van der Waals surface area (Å²) in [5.41, 5.74) is 0. The number of hydrogen-bond donors (Lipinski definition) is 2. The second kappa shape index (κ2) is 4.61. The summed E-state index contributed by atoms with van der Waals surface area (Å²) in [7, 11) is 0. The minimum Gasteiger partial charge on any atom is -0.480 e. The van der Waals surface area contributed by atoms with Gasteiger partial charge in [-0.05, 0) is 32.1 Å². The van der Waals surface area contributed by atoms with Gasteiger partial charge in [0.25, 0.3) is 0 Å². The zero-order chi connectivity index (χ0) is 9.84. The number of nitrogens with one attached hydrogen (secondary N) is 1. The lowest BCUT2D eigenvalue weighted by molar-refractivity contribution is -0.139. The van der Waals surface area contributed by atoms with Crippen LogP contribution in [0.3, 0.4) is 0 Å². The second-order valence-corrected chi connectivity index (χ2v) is 3.97. The SMILES string of the molecule is CCCC(N[C@@H](C)C1CC1)C(=O)O. The van der Waals surface area contributed by atoms with Crippen LogP contribution < -0.4 is 5.32 Å². The second-order valence-electron chi connectivity index (χ2n) is 3.97. The van der Waals surface area contributed by atoms with Gasteiger partial charge < -0.3 is 10.4 Å². The predicted molar refractivity (Wildman–Crippen MR) is 51.7 cm³/mol. The minimum atomic E-state index is -0.714. The van der Waals surface area contributed by atoms with Crippen molar-refractivity contribution < 1.29 is 9.90 Å². The normalized spacial score (nSPS) is 21.1. The summed E-state index contributed by atoms with van der Waals surface area (Å²) in [6.07, 6.45) is 4.16. The van der Waals surface area contributed by atoms with E-state index in [-0.39, 0.29) is 6.04 Å². The van der Waals surface area contributed by atoms with E-state index in [4.69, 9.17) is 5.11 Å².